The molecule has 3 heterocycles. The standard InChI is InChI=1S/C18H14N4O2S/c1-10-12-8-11(5-6-13(12)20-16(10)23)15-9-25-18(21-15)22-17(24)14-4-2-3-7-19-14/h2-10H,1H3,(H,20,23)(H,21,22,24)/t10-/m0/s1. The van der Waals surface area contributed by atoms with Crippen molar-refractivity contribution in [1.82, 2.24) is 9.97 Å². The van der Waals surface area contributed by atoms with E-state index >= 15 is 0 Å². The van der Waals surface area contributed by atoms with Crippen molar-refractivity contribution in [2.45, 2.75) is 12.8 Å². The number of aromatic nitrogens is 2. The van der Waals surface area contributed by atoms with E-state index in [4.69, 9.17) is 0 Å². The molecule has 0 saturated heterocycles. The Kier molecular flexibility index (Phi) is 3.77. The summed E-state index contributed by atoms with van der Waals surface area (Å²) in [5.74, 6) is -0.454. The van der Waals surface area contributed by atoms with Crippen LogP contribution >= 0.6 is 11.3 Å². The Bertz CT molecular complexity index is 968. The largest absolute Gasteiger partial charge is 0.325 e. The van der Waals surface area contributed by atoms with Crippen molar-refractivity contribution in [3.63, 3.8) is 0 Å². The van der Waals surface area contributed by atoms with Crippen molar-refractivity contribution in [2.75, 3.05) is 10.6 Å². The molecule has 1 aliphatic heterocycles. The predicted octanol–water partition coefficient (Wildman–Crippen LogP) is 3.51. The average Bonchev–Trinajstić information content (AvgIpc) is 3.21. The summed E-state index contributed by atoms with van der Waals surface area (Å²) >= 11 is 1.35. The molecule has 124 valence electrons. The lowest BCUT2D eigenvalue weighted by Gasteiger charge is -2.04. The molecule has 0 radical (unpaired) electrons. The van der Waals surface area contributed by atoms with E-state index in [2.05, 4.69) is 20.6 Å². The lowest BCUT2D eigenvalue weighted by atomic mass is 10.00. The lowest BCUT2D eigenvalue weighted by Crippen LogP contribution is -2.13. The second kappa shape index (κ2) is 6.10. The van der Waals surface area contributed by atoms with E-state index in [0.29, 0.717) is 10.8 Å². The maximum absolute atomic E-state index is 12.1. The van der Waals surface area contributed by atoms with Gasteiger partial charge in [-0.15, -0.1) is 11.3 Å². The molecule has 0 saturated carbocycles. The summed E-state index contributed by atoms with van der Waals surface area (Å²) in [7, 11) is 0. The quantitative estimate of drug-likeness (QED) is 0.757. The molecule has 4 rings (SSSR count). The monoisotopic (exact) mass is 350 g/mol. The van der Waals surface area contributed by atoms with Gasteiger partial charge in [-0.25, -0.2) is 4.98 Å². The number of rotatable bonds is 3. The van der Waals surface area contributed by atoms with Gasteiger partial charge in [0.15, 0.2) is 5.13 Å². The maximum Gasteiger partial charge on any atom is 0.276 e. The van der Waals surface area contributed by atoms with Crippen LogP contribution in [0.4, 0.5) is 10.8 Å². The number of amides is 2. The minimum atomic E-state index is -0.293. The third kappa shape index (κ3) is 2.89. The Balaban J connectivity index is 1.56. The van der Waals surface area contributed by atoms with Gasteiger partial charge in [-0.2, -0.15) is 0 Å². The fourth-order valence-corrected chi connectivity index (χ4v) is 3.41. The van der Waals surface area contributed by atoms with Gasteiger partial charge in [0.1, 0.15) is 5.69 Å². The topological polar surface area (TPSA) is 84.0 Å². The fraction of sp³-hybridized carbons (Fsp3) is 0.111. The summed E-state index contributed by atoms with van der Waals surface area (Å²) < 4.78 is 0. The van der Waals surface area contributed by atoms with Crippen LogP contribution in [0.2, 0.25) is 0 Å². The van der Waals surface area contributed by atoms with Gasteiger partial charge in [0.05, 0.1) is 11.6 Å². The van der Waals surface area contributed by atoms with Crippen LogP contribution in [0.1, 0.15) is 28.9 Å². The van der Waals surface area contributed by atoms with Crippen LogP contribution in [0.5, 0.6) is 0 Å². The first-order valence-electron chi connectivity index (χ1n) is 7.75. The van der Waals surface area contributed by atoms with Crippen LogP contribution in [-0.2, 0) is 4.79 Å². The minimum absolute atomic E-state index is 0.00809. The number of fused-ring (bicyclic) bond motifs is 1. The molecule has 1 aliphatic rings. The molecule has 1 aromatic carbocycles. The van der Waals surface area contributed by atoms with Crippen molar-refractivity contribution in [2.24, 2.45) is 0 Å². The molecule has 7 heteroatoms. The summed E-state index contributed by atoms with van der Waals surface area (Å²) in [5, 5.41) is 8.00. The fourth-order valence-electron chi connectivity index (χ4n) is 2.70. The third-order valence-electron chi connectivity index (χ3n) is 4.09. The van der Waals surface area contributed by atoms with E-state index in [-0.39, 0.29) is 17.7 Å². The van der Waals surface area contributed by atoms with Crippen molar-refractivity contribution in [3.8, 4) is 11.3 Å². The number of hydrogen-bond donors (Lipinski definition) is 2. The van der Waals surface area contributed by atoms with E-state index in [9.17, 15) is 9.59 Å². The first-order chi connectivity index (χ1) is 12.1. The lowest BCUT2D eigenvalue weighted by molar-refractivity contribution is -0.116. The van der Waals surface area contributed by atoms with Gasteiger partial charge in [-0.05, 0) is 36.8 Å². The van der Waals surface area contributed by atoms with E-state index in [0.717, 1.165) is 22.5 Å². The number of nitrogens with one attached hydrogen (secondary N) is 2. The second-order valence-electron chi connectivity index (χ2n) is 5.72. The molecule has 0 aliphatic carbocycles. The number of benzene rings is 1. The van der Waals surface area contributed by atoms with Gasteiger partial charge in [-0.3, -0.25) is 19.9 Å². The molecule has 2 N–H and O–H groups in total. The number of thiazole rings is 1. The number of anilines is 2. The Morgan fingerprint density at radius 1 is 1.28 bits per heavy atom. The molecule has 0 unspecified atom stereocenters. The Hall–Kier alpha value is -3.06. The highest BCUT2D eigenvalue weighted by molar-refractivity contribution is 7.14. The maximum atomic E-state index is 12.1. The van der Waals surface area contributed by atoms with Crippen molar-refractivity contribution < 1.29 is 9.59 Å². The van der Waals surface area contributed by atoms with E-state index in [1.807, 2.05) is 30.5 Å². The molecule has 1 atom stereocenters. The molecule has 2 aromatic heterocycles. The summed E-state index contributed by atoms with van der Waals surface area (Å²) in [5.41, 5.74) is 3.83. The second-order valence-corrected chi connectivity index (χ2v) is 6.58. The molecule has 2 amide bonds. The minimum Gasteiger partial charge on any atom is -0.325 e. The van der Waals surface area contributed by atoms with Crippen LogP contribution in [0.3, 0.4) is 0 Å². The summed E-state index contributed by atoms with van der Waals surface area (Å²) in [6.07, 6.45) is 1.57. The van der Waals surface area contributed by atoms with Crippen LogP contribution in [0, 0.1) is 0 Å². The third-order valence-corrected chi connectivity index (χ3v) is 4.84. The molecule has 0 fully saturated rings. The van der Waals surface area contributed by atoms with Crippen LogP contribution in [0.25, 0.3) is 11.3 Å². The normalized spacial score (nSPS) is 15.6. The van der Waals surface area contributed by atoms with Gasteiger partial charge in [0.2, 0.25) is 5.91 Å². The van der Waals surface area contributed by atoms with Crippen LogP contribution in [0.15, 0.2) is 48.0 Å². The molecule has 0 bridgehead atoms. The molecule has 25 heavy (non-hydrogen) atoms. The molecular weight excluding hydrogens is 336 g/mol. The van der Waals surface area contributed by atoms with Gasteiger partial charge in [0.25, 0.3) is 5.91 Å². The van der Waals surface area contributed by atoms with Gasteiger partial charge >= 0.3 is 0 Å². The van der Waals surface area contributed by atoms with Gasteiger partial charge in [0, 0.05) is 22.8 Å². The van der Waals surface area contributed by atoms with Crippen molar-refractivity contribution in [1.29, 1.82) is 0 Å². The van der Waals surface area contributed by atoms with E-state index in [1.54, 1.807) is 24.4 Å². The highest BCUT2D eigenvalue weighted by Crippen LogP contribution is 2.36. The predicted molar refractivity (Wildman–Crippen MR) is 96.8 cm³/mol. The number of carbonyl (C=O) groups excluding carboxylic acids is 2. The average molecular weight is 350 g/mol. The first-order valence-corrected chi connectivity index (χ1v) is 8.63. The van der Waals surface area contributed by atoms with E-state index in [1.165, 1.54) is 11.3 Å². The van der Waals surface area contributed by atoms with Gasteiger partial charge < -0.3 is 5.32 Å². The molecule has 0 spiro atoms. The van der Waals surface area contributed by atoms with Crippen LogP contribution in [-0.4, -0.2) is 21.8 Å². The summed E-state index contributed by atoms with van der Waals surface area (Å²) in [6, 6.07) is 10.9. The number of nitrogens with zero attached hydrogens (tertiary/aromatic N) is 2. The molecular formula is C18H14N4O2S. The zero-order chi connectivity index (χ0) is 17.4. The van der Waals surface area contributed by atoms with Crippen LogP contribution < -0.4 is 10.6 Å². The Morgan fingerprint density at radius 3 is 2.96 bits per heavy atom. The number of carbonyl (C=O) groups is 2. The highest BCUT2D eigenvalue weighted by Gasteiger charge is 2.26. The smallest absolute Gasteiger partial charge is 0.276 e. The number of pyridine rings is 1. The molecule has 3 aromatic rings. The zero-order valence-electron chi connectivity index (χ0n) is 13.3. The molecule has 6 nitrogen and oxygen atoms in total. The summed E-state index contributed by atoms with van der Waals surface area (Å²) in [4.78, 5) is 32.4. The Labute approximate surface area is 148 Å². The first kappa shape index (κ1) is 15.5. The Morgan fingerprint density at radius 2 is 2.16 bits per heavy atom. The van der Waals surface area contributed by atoms with Crippen molar-refractivity contribution >= 4 is 34.0 Å². The SMILES string of the molecule is C[C@@H]1C(=O)Nc2ccc(-c3csc(NC(=O)c4ccccn4)n3)cc21. The summed E-state index contributed by atoms with van der Waals surface area (Å²) in [6.45, 7) is 1.88. The van der Waals surface area contributed by atoms with Gasteiger partial charge in [-0.1, -0.05) is 12.1 Å². The highest BCUT2D eigenvalue weighted by atomic mass is 32.1. The zero-order valence-corrected chi connectivity index (χ0v) is 14.1. The van der Waals surface area contributed by atoms with Crippen molar-refractivity contribution in [3.05, 3.63) is 59.2 Å². The van der Waals surface area contributed by atoms with E-state index < -0.39 is 0 Å². The number of hydrogen-bond acceptors (Lipinski definition) is 5.